The van der Waals surface area contributed by atoms with Gasteiger partial charge in [-0.1, -0.05) is 121 Å². The Kier molecular flexibility index (Phi) is 9.54. The molecule has 0 atom stereocenters. The van der Waals surface area contributed by atoms with Crippen molar-refractivity contribution in [2.45, 2.75) is 31.1 Å². The van der Waals surface area contributed by atoms with Crippen molar-refractivity contribution < 1.29 is 30.6 Å². The van der Waals surface area contributed by atoms with Crippen LogP contribution < -0.4 is 0 Å². The van der Waals surface area contributed by atoms with E-state index in [4.69, 9.17) is 0 Å². The molecule has 0 amide bonds. The van der Waals surface area contributed by atoms with Crippen molar-refractivity contribution in [3.05, 3.63) is 237 Å². The first-order valence-corrected chi connectivity index (χ1v) is 19.7. The van der Waals surface area contributed by atoms with Crippen molar-refractivity contribution in [3.8, 4) is 45.6 Å². The summed E-state index contributed by atoms with van der Waals surface area (Å²) >= 11 is 0. The highest BCUT2D eigenvalue weighted by Crippen LogP contribution is 2.57. The molecular weight excluding hydrogens is 733 g/mol. The molecule has 6 heteroatoms. The van der Waals surface area contributed by atoms with Gasteiger partial charge >= 0.3 is 0 Å². The maximum Gasteiger partial charge on any atom is 0.122 e. The zero-order valence-electron chi connectivity index (χ0n) is 32.2. The van der Waals surface area contributed by atoms with E-state index in [1.807, 2.05) is 48.5 Å². The Hall–Kier alpha value is -7.44. The Bertz CT molecular complexity index is 2470. The molecule has 1 aliphatic carbocycles. The van der Waals surface area contributed by atoms with Crippen LogP contribution in [0.5, 0.6) is 34.5 Å². The molecule has 59 heavy (non-hydrogen) atoms. The lowest BCUT2D eigenvalue weighted by molar-refractivity contribution is 0.462. The third-order valence-corrected chi connectivity index (χ3v) is 11.7. The second kappa shape index (κ2) is 15.1. The normalized spacial score (nSPS) is 12.5. The molecule has 0 saturated carbocycles. The Labute approximate surface area is 342 Å². The Morgan fingerprint density at radius 1 is 0.305 bits per heavy atom. The van der Waals surface area contributed by atoms with E-state index in [2.05, 4.69) is 72.8 Å². The van der Waals surface area contributed by atoms with Gasteiger partial charge in [0.1, 0.15) is 34.5 Å². The molecule has 8 aromatic carbocycles. The summed E-state index contributed by atoms with van der Waals surface area (Å²) in [6.45, 7) is 0. The largest absolute Gasteiger partial charge is 0.508 e. The van der Waals surface area contributed by atoms with Crippen LogP contribution in [0.25, 0.3) is 11.1 Å². The predicted octanol–water partition coefficient (Wildman–Crippen LogP) is 10.6. The quantitative estimate of drug-likeness (QED) is 0.0823. The lowest BCUT2D eigenvalue weighted by atomic mass is 9.66. The van der Waals surface area contributed by atoms with Gasteiger partial charge < -0.3 is 30.6 Å². The van der Waals surface area contributed by atoms with Crippen molar-refractivity contribution >= 4 is 0 Å². The van der Waals surface area contributed by atoms with Crippen molar-refractivity contribution in [1.82, 2.24) is 0 Å². The van der Waals surface area contributed by atoms with Gasteiger partial charge in [0.05, 0.1) is 5.41 Å². The fourth-order valence-corrected chi connectivity index (χ4v) is 8.85. The van der Waals surface area contributed by atoms with E-state index >= 15 is 0 Å². The number of aromatic hydroxyl groups is 6. The van der Waals surface area contributed by atoms with E-state index in [1.54, 1.807) is 48.5 Å². The van der Waals surface area contributed by atoms with Crippen molar-refractivity contribution in [1.29, 1.82) is 0 Å². The zero-order chi connectivity index (χ0) is 40.7. The van der Waals surface area contributed by atoms with E-state index in [-0.39, 0.29) is 34.5 Å². The fourth-order valence-electron chi connectivity index (χ4n) is 8.85. The highest BCUT2D eigenvalue weighted by Gasteiger charge is 2.47. The number of hydrogen-bond donors (Lipinski definition) is 6. The molecular formula is C53H42O6. The van der Waals surface area contributed by atoms with Gasteiger partial charge in [-0.15, -0.1) is 0 Å². The summed E-state index contributed by atoms with van der Waals surface area (Å²) in [6.07, 6.45) is 1.59. The molecule has 6 nitrogen and oxygen atoms in total. The third kappa shape index (κ3) is 6.99. The molecule has 0 aromatic heterocycles. The molecule has 6 N–H and O–H groups in total. The lowest BCUT2D eigenvalue weighted by Crippen LogP contribution is -2.29. The minimum atomic E-state index is -0.921. The Morgan fingerprint density at radius 2 is 0.559 bits per heavy atom. The number of hydrogen-bond acceptors (Lipinski definition) is 6. The minimum Gasteiger partial charge on any atom is -0.508 e. The van der Waals surface area contributed by atoms with Crippen LogP contribution in [0.15, 0.2) is 170 Å². The Morgan fingerprint density at radius 3 is 0.831 bits per heavy atom. The van der Waals surface area contributed by atoms with Crippen LogP contribution in [0, 0.1) is 0 Å². The van der Waals surface area contributed by atoms with Crippen LogP contribution in [0.4, 0.5) is 0 Å². The average molecular weight is 775 g/mol. The fraction of sp³-hybridized carbons (Fsp3) is 0.0943. The first kappa shape index (κ1) is 37.2. The second-order valence-electron chi connectivity index (χ2n) is 15.5. The Balaban J connectivity index is 1.34. The monoisotopic (exact) mass is 774 g/mol. The molecule has 0 aliphatic heterocycles. The van der Waals surface area contributed by atoms with Gasteiger partial charge in [0.15, 0.2) is 0 Å². The maximum atomic E-state index is 12.2. The number of phenols is 6. The molecule has 290 valence electrons. The van der Waals surface area contributed by atoms with Crippen molar-refractivity contribution in [3.63, 3.8) is 0 Å². The summed E-state index contributed by atoms with van der Waals surface area (Å²) in [6, 6.07) is 53.4. The van der Waals surface area contributed by atoms with Crippen LogP contribution >= 0.6 is 0 Å². The second-order valence-corrected chi connectivity index (χ2v) is 15.5. The molecule has 0 fully saturated rings. The highest BCUT2D eigenvalue weighted by molar-refractivity contribution is 5.86. The van der Waals surface area contributed by atoms with E-state index in [1.165, 1.54) is 0 Å². The van der Waals surface area contributed by atoms with Gasteiger partial charge in [-0.3, -0.25) is 0 Å². The molecule has 0 saturated heterocycles. The molecule has 0 unspecified atom stereocenters. The number of rotatable bonds is 10. The summed E-state index contributed by atoms with van der Waals surface area (Å²) in [4.78, 5) is 0. The average Bonchev–Trinajstić information content (AvgIpc) is 3.55. The maximum absolute atomic E-state index is 12.2. The van der Waals surface area contributed by atoms with Gasteiger partial charge in [0.25, 0.3) is 0 Å². The summed E-state index contributed by atoms with van der Waals surface area (Å²) in [5.74, 6) is 1.01. The number of fused-ring (bicyclic) bond motifs is 3. The van der Waals surface area contributed by atoms with Gasteiger partial charge in [0, 0.05) is 25.7 Å². The van der Waals surface area contributed by atoms with E-state index < -0.39 is 5.41 Å². The standard InChI is InChI=1S/C53H42O6/c54-43-17-9-33(10-18-43)25-37-29-41(30-38(51(37)58)26-34-11-19-44(55)20-12-34)53(49-7-3-1-5-47(49)48-6-2-4-8-50(48)53)42-31-39(27-35-13-21-45(56)22-14-35)52(59)40(32-42)28-36-15-23-46(57)24-16-36/h1-24,29-32,54-59H,25-28H2. The van der Waals surface area contributed by atoms with Crippen LogP contribution in [0.3, 0.4) is 0 Å². The van der Waals surface area contributed by atoms with Gasteiger partial charge in [-0.2, -0.15) is 0 Å². The first-order valence-electron chi connectivity index (χ1n) is 19.7. The molecule has 9 rings (SSSR count). The summed E-state index contributed by atoms with van der Waals surface area (Å²) < 4.78 is 0. The zero-order valence-corrected chi connectivity index (χ0v) is 32.2. The van der Waals surface area contributed by atoms with Crippen LogP contribution in [0.1, 0.15) is 66.8 Å². The minimum absolute atomic E-state index is 0.163. The van der Waals surface area contributed by atoms with Crippen molar-refractivity contribution in [2.24, 2.45) is 0 Å². The molecule has 0 spiro atoms. The number of phenolic OH excluding ortho intramolecular Hbond substituents is 6. The summed E-state index contributed by atoms with van der Waals surface area (Å²) in [7, 11) is 0. The van der Waals surface area contributed by atoms with Crippen LogP contribution in [-0.2, 0) is 31.1 Å². The highest BCUT2D eigenvalue weighted by atomic mass is 16.3. The molecule has 0 radical (unpaired) electrons. The SMILES string of the molecule is Oc1ccc(Cc2cc(C3(c4cc(Cc5ccc(O)cc5)c(O)c(Cc5ccc(O)cc5)c4)c4ccccc4-c4ccccc43)cc(Cc3ccc(O)cc3)c2O)cc1. The van der Waals surface area contributed by atoms with Crippen molar-refractivity contribution in [2.75, 3.05) is 0 Å². The first-order chi connectivity index (χ1) is 28.6. The lowest BCUT2D eigenvalue weighted by Gasteiger charge is -2.36. The van der Waals surface area contributed by atoms with Crippen LogP contribution in [-0.4, -0.2) is 30.6 Å². The van der Waals surface area contributed by atoms with E-state index in [9.17, 15) is 30.6 Å². The molecule has 0 bridgehead atoms. The smallest absolute Gasteiger partial charge is 0.122 e. The van der Waals surface area contributed by atoms with Crippen LogP contribution in [0.2, 0.25) is 0 Å². The van der Waals surface area contributed by atoms with Gasteiger partial charge in [0.2, 0.25) is 0 Å². The van der Waals surface area contributed by atoms with E-state index in [0.29, 0.717) is 25.7 Å². The molecule has 8 aromatic rings. The summed E-state index contributed by atoms with van der Waals surface area (Å²) in [5, 5.41) is 64.7. The van der Waals surface area contributed by atoms with Gasteiger partial charge in [-0.05, 0) is 126 Å². The molecule has 1 aliphatic rings. The molecule has 0 heterocycles. The predicted molar refractivity (Wildman–Crippen MR) is 231 cm³/mol. The topological polar surface area (TPSA) is 121 Å². The summed E-state index contributed by atoms with van der Waals surface area (Å²) in [5.41, 5.74) is 11.8. The number of benzene rings is 8. The van der Waals surface area contributed by atoms with E-state index in [0.717, 1.165) is 77.9 Å². The van der Waals surface area contributed by atoms with Gasteiger partial charge in [-0.25, -0.2) is 0 Å². The third-order valence-electron chi connectivity index (χ3n) is 11.7.